The maximum absolute atomic E-state index is 13.0. The Bertz CT molecular complexity index is 762. The average molecular weight is 357 g/mol. The molecule has 0 unspecified atom stereocenters. The van der Waals surface area contributed by atoms with Gasteiger partial charge in [0, 0.05) is 11.8 Å². The molecule has 0 atom stereocenters. The minimum Gasteiger partial charge on any atom is -0.452 e. The van der Waals surface area contributed by atoms with Crippen LogP contribution in [-0.4, -0.2) is 25.1 Å². The van der Waals surface area contributed by atoms with E-state index in [1.807, 2.05) is 0 Å². The Morgan fingerprint density at radius 2 is 1.68 bits per heavy atom. The van der Waals surface area contributed by atoms with Crippen LogP contribution in [0.4, 0.5) is 23.2 Å². The van der Waals surface area contributed by atoms with Crippen LogP contribution in [0.1, 0.15) is 10.4 Å². The first-order chi connectivity index (χ1) is 11.8. The van der Waals surface area contributed by atoms with E-state index < -0.39 is 42.5 Å². The summed E-state index contributed by atoms with van der Waals surface area (Å²) in [5.41, 5.74) is -0.465. The molecule has 1 amide bonds. The molecule has 0 fully saturated rings. The van der Waals surface area contributed by atoms with Crippen molar-refractivity contribution in [2.75, 3.05) is 11.9 Å². The van der Waals surface area contributed by atoms with Gasteiger partial charge in [-0.15, -0.1) is 0 Å². The van der Waals surface area contributed by atoms with Gasteiger partial charge in [-0.05, 0) is 24.3 Å². The molecular formula is C16H11F4NO4. The predicted molar refractivity (Wildman–Crippen MR) is 78.3 cm³/mol. The van der Waals surface area contributed by atoms with Gasteiger partial charge in [0.1, 0.15) is 22.9 Å². The van der Waals surface area contributed by atoms with Crippen molar-refractivity contribution in [1.29, 1.82) is 0 Å². The third-order valence-corrected chi connectivity index (χ3v) is 2.80. The molecule has 2 aromatic carbocycles. The molecule has 0 bridgehead atoms. The monoisotopic (exact) mass is 357 g/mol. The number of alkyl halides is 2. The molecule has 0 heterocycles. The minimum absolute atomic E-state index is 0.167. The van der Waals surface area contributed by atoms with Gasteiger partial charge in [0.15, 0.2) is 6.61 Å². The van der Waals surface area contributed by atoms with E-state index in [0.29, 0.717) is 6.07 Å². The molecule has 9 heteroatoms. The number of rotatable bonds is 6. The number of ether oxygens (including phenoxy) is 2. The number of nitrogens with one attached hydrogen (secondary N) is 1. The van der Waals surface area contributed by atoms with Gasteiger partial charge < -0.3 is 14.8 Å². The van der Waals surface area contributed by atoms with Crippen LogP contribution in [0.2, 0.25) is 0 Å². The first kappa shape index (κ1) is 18.2. The summed E-state index contributed by atoms with van der Waals surface area (Å²) in [6.07, 6.45) is 0. The van der Waals surface area contributed by atoms with Crippen molar-refractivity contribution in [1.82, 2.24) is 0 Å². The lowest BCUT2D eigenvalue weighted by Crippen LogP contribution is -2.21. The van der Waals surface area contributed by atoms with Crippen LogP contribution in [0.3, 0.4) is 0 Å². The molecule has 132 valence electrons. The highest BCUT2D eigenvalue weighted by Gasteiger charge is 2.17. The molecule has 0 saturated carbocycles. The number of hydrogen-bond donors (Lipinski definition) is 1. The highest BCUT2D eigenvalue weighted by Crippen LogP contribution is 2.21. The smallest absolute Gasteiger partial charge is 0.387 e. The van der Waals surface area contributed by atoms with Crippen LogP contribution in [0.15, 0.2) is 42.5 Å². The standard InChI is InChI=1S/C16H11F4NO4/c17-9-5-10(18)7-11(6-9)21-14(22)8-24-15(23)12-3-1-2-4-13(12)25-16(19)20/h1-7,16H,8H2,(H,21,22). The topological polar surface area (TPSA) is 64.6 Å². The van der Waals surface area contributed by atoms with Gasteiger partial charge in [-0.1, -0.05) is 12.1 Å². The number of benzene rings is 2. The third-order valence-electron chi connectivity index (χ3n) is 2.80. The Morgan fingerprint density at radius 3 is 2.32 bits per heavy atom. The Morgan fingerprint density at radius 1 is 1.04 bits per heavy atom. The number of amides is 1. The Kier molecular flexibility index (Phi) is 5.93. The van der Waals surface area contributed by atoms with Gasteiger partial charge in [0.2, 0.25) is 0 Å². The molecule has 2 aromatic rings. The minimum atomic E-state index is -3.14. The zero-order chi connectivity index (χ0) is 18.4. The number of carbonyl (C=O) groups excluding carboxylic acids is 2. The molecule has 0 aromatic heterocycles. The maximum Gasteiger partial charge on any atom is 0.387 e. The quantitative estimate of drug-likeness (QED) is 0.636. The molecule has 5 nitrogen and oxygen atoms in total. The molecule has 0 aliphatic heterocycles. The molecule has 0 radical (unpaired) electrons. The zero-order valence-corrected chi connectivity index (χ0v) is 12.5. The Labute approximate surface area is 139 Å². The highest BCUT2D eigenvalue weighted by atomic mass is 19.3. The largest absolute Gasteiger partial charge is 0.452 e. The van der Waals surface area contributed by atoms with Gasteiger partial charge in [-0.2, -0.15) is 8.78 Å². The van der Waals surface area contributed by atoms with Crippen molar-refractivity contribution < 1.29 is 36.6 Å². The molecule has 2 rings (SSSR count). The van der Waals surface area contributed by atoms with Gasteiger partial charge >= 0.3 is 12.6 Å². The van der Waals surface area contributed by atoms with Gasteiger partial charge in [-0.3, -0.25) is 4.79 Å². The summed E-state index contributed by atoms with van der Waals surface area (Å²) >= 11 is 0. The lowest BCUT2D eigenvalue weighted by molar-refractivity contribution is -0.119. The molecule has 1 N–H and O–H groups in total. The number of halogens is 4. The molecule has 0 saturated heterocycles. The van der Waals surface area contributed by atoms with Crippen LogP contribution >= 0.6 is 0 Å². The van der Waals surface area contributed by atoms with Crippen molar-refractivity contribution in [2.45, 2.75) is 6.61 Å². The lowest BCUT2D eigenvalue weighted by Gasteiger charge is -2.10. The van der Waals surface area contributed by atoms with Crippen LogP contribution in [-0.2, 0) is 9.53 Å². The Hall–Kier alpha value is -3.10. The van der Waals surface area contributed by atoms with E-state index in [-0.39, 0.29) is 11.3 Å². The molecule has 0 spiro atoms. The van der Waals surface area contributed by atoms with E-state index >= 15 is 0 Å². The summed E-state index contributed by atoms with van der Waals surface area (Å²) in [6.45, 7) is -3.93. The molecule has 25 heavy (non-hydrogen) atoms. The third kappa shape index (κ3) is 5.48. The second-order valence-corrected chi connectivity index (χ2v) is 4.66. The van der Waals surface area contributed by atoms with E-state index in [1.165, 1.54) is 18.2 Å². The fourth-order valence-electron chi connectivity index (χ4n) is 1.87. The highest BCUT2D eigenvalue weighted by molar-refractivity contribution is 5.96. The van der Waals surface area contributed by atoms with Gasteiger partial charge in [0.05, 0.1) is 0 Å². The van der Waals surface area contributed by atoms with E-state index in [2.05, 4.69) is 14.8 Å². The number of anilines is 1. The lowest BCUT2D eigenvalue weighted by atomic mass is 10.2. The summed E-state index contributed by atoms with van der Waals surface area (Å²) in [7, 11) is 0. The van der Waals surface area contributed by atoms with E-state index in [1.54, 1.807) is 0 Å². The fourth-order valence-corrected chi connectivity index (χ4v) is 1.87. The maximum atomic E-state index is 13.0. The zero-order valence-electron chi connectivity index (χ0n) is 12.5. The van der Waals surface area contributed by atoms with Crippen molar-refractivity contribution in [2.24, 2.45) is 0 Å². The van der Waals surface area contributed by atoms with Crippen molar-refractivity contribution >= 4 is 17.6 Å². The van der Waals surface area contributed by atoms with Crippen molar-refractivity contribution in [3.63, 3.8) is 0 Å². The summed E-state index contributed by atoms with van der Waals surface area (Å²) < 4.78 is 59.5. The predicted octanol–water partition coefficient (Wildman–Crippen LogP) is 3.36. The van der Waals surface area contributed by atoms with Gasteiger partial charge in [0.25, 0.3) is 5.91 Å². The van der Waals surface area contributed by atoms with Crippen LogP contribution in [0.5, 0.6) is 5.75 Å². The number of para-hydroxylation sites is 1. The molecular weight excluding hydrogens is 346 g/mol. The number of carbonyl (C=O) groups is 2. The van der Waals surface area contributed by atoms with E-state index in [4.69, 9.17) is 0 Å². The number of hydrogen-bond acceptors (Lipinski definition) is 4. The van der Waals surface area contributed by atoms with E-state index in [0.717, 1.165) is 18.2 Å². The normalized spacial score (nSPS) is 10.4. The van der Waals surface area contributed by atoms with E-state index in [9.17, 15) is 27.2 Å². The molecule has 0 aliphatic rings. The fraction of sp³-hybridized carbons (Fsp3) is 0.125. The van der Waals surface area contributed by atoms with Crippen LogP contribution < -0.4 is 10.1 Å². The summed E-state index contributed by atoms with van der Waals surface area (Å²) in [4.78, 5) is 23.5. The Balaban J connectivity index is 1.96. The van der Waals surface area contributed by atoms with Crippen LogP contribution in [0.25, 0.3) is 0 Å². The van der Waals surface area contributed by atoms with Gasteiger partial charge in [-0.25, -0.2) is 13.6 Å². The summed E-state index contributed by atoms with van der Waals surface area (Å²) in [5.74, 6) is -4.15. The average Bonchev–Trinajstić information content (AvgIpc) is 2.51. The summed E-state index contributed by atoms with van der Waals surface area (Å²) in [5, 5.41) is 2.13. The SMILES string of the molecule is O=C(COC(=O)c1ccccc1OC(F)F)Nc1cc(F)cc(F)c1. The summed E-state index contributed by atoms with van der Waals surface area (Å²) in [6, 6.07) is 7.45. The van der Waals surface area contributed by atoms with Crippen molar-refractivity contribution in [3.05, 3.63) is 59.7 Å². The second-order valence-electron chi connectivity index (χ2n) is 4.66. The number of esters is 1. The van der Waals surface area contributed by atoms with Crippen LogP contribution in [0, 0.1) is 11.6 Å². The first-order valence-corrected chi connectivity index (χ1v) is 6.82. The first-order valence-electron chi connectivity index (χ1n) is 6.82. The second kappa shape index (κ2) is 8.13. The van der Waals surface area contributed by atoms with Crippen molar-refractivity contribution in [3.8, 4) is 5.75 Å². The molecule has 0 aliphatic carbocycles.